The number of nitrogens with two attached hydrogens (primary N) is 1. The SMILES string of the molecule is COc1cc2cc(c1)C(=O)NCCCC(=O)N[C@H]1CN(CC(N)=O)CC[C@@H]1OCc1cccc(c1)O2. The third kappa shape index (κ3) is 6.96. The average Bonchev–Trinajstić information content (AvgIpc) is 2.85. The summed E-state index contributed by atoms with van der Waals surface area (Å²) >= 11 is 0. The molecule has 10 nitrogen and oxygen atoms in total. The van der Waals surface area contributed by atoms with Crippen molar-refractivity contribution >= 4 is 17.7 Å². The summed E-state index contributed by atoms with van der Waals surface area (Å²) in [5.41, 5.74) is 6.67. The molecule has 0 unspecified atom stereocenters. The number of primary amides is 1. The molecule has 2 aliphatic heterocycles. The van der Waals surface area contributed by atoms with Gasteiger partial charge in [0.05, 0.1) is 32.4 Å². The molecule has 10 heteroatoms. The molecule has 0 radical (unpaired) electrons. The van der Waals surface area contributed by atoms with Crippen molar-refractivity contribution < 1.29 is 28.6 Å². The molecule has 2 aliphatic rings. The summed E-state index contributed by atoms with van der Waals surface area (Å²) in [6.45, 7) is 1.91. The van der Waals surface area contributed by atoms with Crippen LogP contribution in [0.2, 0.25) is 0 Å². The lowest BCUT2D eigenvalue weighted by Gasteiger charge is -2.38. The summed E-state index contributed by atoms with van der Waals surface area (Å²) in [6.07, 6.45) is 1.14. The minimum Gasteiger partial charge on any atom is -0.497 e. The van der Waals surface area contributed by atoms with Gasteiger partial charge in [0.15, 0.2) is 0 Å². The Morgan fingerprint density at radius 2 is 2.06 bits per heavy atom. The normalized spacial score (nSPS) is 21.6. The van der Waals surface area contributed by atoms with Crippen molar-refractivity contribution in [3.8, 4) is 17.2 Å². The number of amides is 3. The molecule has 192 valence electrons. The molecule has 1 fully saturated rings. The Kier molecular flexibility index (Phi) is 8.40. The van der Waals surface area contributed by atoms with E-state index >= 15 is 0 Å². The van der Waals surface area contributed by atoms with Gasteiger partial charge in [-0.05, 0) is 42.7 Å². The first-order valence-electron chi connectivity index (χ1n) is 12.1. The van der Waals surface area contributed by atoms with E-state index < -0.39 is 5.91 Å². The monoisotopic (exact) mass is 496 g/mol. The summed E-state index contributed by atoms with van der Waals surface area (Å²) in [7, 11) is 1.53. The molecule has 3 amide bonds. The zero-order valence-corrected chi connectivity index (χ0v) is 20.3. The lowest BCUT2D eigenvalue weighted by atomic mass is 10.0. The number of carbonyl (C=O) groups excluding carboxylic acids is 3. The fourth-order valence-corrected chi connectivity index (χ4v) is 4.45. The van der Waals surface area contributed by atoms with Gasteiger partial charge in [-0.1, -0.05) is 12.1 Å². The third-order valence-corrected chi connectivity index (χ3v) is 6.20. The molecule has 0 saturated carbocycles. The molecule has 4 N–H and O–H groups in total. The van der Waals surface area contributed by atoms with Crippen LogP contribution in [0.5, 0.6) is 17.2 Å². The maximum Gasteiger partial charge on any atom is 0.251 e. The van der Waals surface area contributed by atoms with Crippen molar-refractivity contribution in [2.45, 2.75) is 38.0 Å². The second-order valence-corrected chi connectivity index (χ2v) is 9.02. The Morgan fingerprint density at radius 3 is 2.86 bits per heavy atom. The van der Waals surface area contributed by atoms with Crippen molar-refractivity contribution in [1.82, 2.24) is 15.5 Å². The summed E-state index contributed by atoms with van der Waals surface area (Å²) in [5, 5.41) is 5.90. The summed E-state index contributed by atoms with van der Waals surface area (Å²) < 4.78 is 17.6. The van der Waals surface area contributed by atoms with Crippen molar-refractivity contribution in [2.24, 2.45) is 5.73 Å². The zero-order chi connectivity index (χ0) is 25.5. The molecular formula is C26H32N4O6. The van der Waals surface area contributed by atoms with E-state index in [-0.39, 0.29) is 36.9 Å². The molecule has 0 spiro atoms. The molecule has 0 aromatic heterocycles. The number of rotatable bonds is 3. The van der Waals surface area contributed by atoms with Gasteiger partial charge in [0.2, 0.25) is 11.8 Å². The lowest BCUT2D eigenvalue weighted by Crippen LogP contribution is -2.57. The highest BCUT2D eigenvalue weighted by Gasteiger charge is 2.31. The first kappa shape index (κ1) is 25.5. The number of benzene rings is 2. The predicted molar refractivity (Wildman–Crippen MR) is 132 cm³/mol. The van der Waals surface area contributed by atoms with Crippen LogP contribution in [0.4, 0.5) is 0 Å². The van der Waals surface area contributed by atoms with E-state index in [0.717, 1.165) is 5.56 Å². The van der Waals surface area contributed by atoms with Gasteiger partial charge in [-0.3, -0.25) is 19.3 Å². The first-order chi connectivity index (χ1) is 17.4. The second-order valence-electron chi connectivity index (χ2n) is 9.02. The average molecular weight is 497 g/mol. The van der Waals surface area contributed by atoms with Gasteiger partial charge in [0.1, 0.15) is 17.2 Å². The number of methoxy groups -OCH3 is 1. The highest BCUT2D eigenvalue weighted by molar-refractivity contribution is 5.95. The smallest absolute Gasteiger partial charge is 0.251 e. The Morgan fingerprint density at radius 1 is 1.19 bits per heavy atom. The number of piperidine rings is 1. The first-order valence-corrected chi connectivity index (χ1v) is 12.1. The van der Waals surface area contributed by atoms with E-state index in [1.165, 1.54) is 7.11 Å². The number of hydrogen-bond acceptors (Lipinski definition) is 7. The second kappa shape index (κ2) is 11.9. The zero-order valence-electron chi connectivity index (χ0n) is 20.3. The standard InChI is InChI=1S/C26H32N4O6/c1-34-20-11-18-12-21(13-20)36-19-5-2-4-17(10-19)16-35-23-7-9-30(15-24(27)31)14-22(23)29-25(32)6-3-8-28-26(18)33/h2,4-5,10-13,22-23H,3,6-9,14-16H2,1H3,(H2,27,31)(H,28,33)(H,29,32)/t22-,23-/m0/s1. The number of hydrogen-bond donors (Lipinski definition) is 3. The van der Waals surface area contributed by atoms with Gasteiger partial charge in [0.25, 0.3) is 5.91 Å². The Bertz CT molecular complexity index is 1110. The minimum atomic E-state index is -0.407. The largest absolute Gasteiger partial charge is 0.497 e. The van der Waals surface area contributed by atoms with Crippen molar-refractivity contribution in [2.75, 3.05) is 33.3 Å². The molecule has 2 aromatic carbocycles. The Labute approximate surface area is 210 Å². The van der Waals surface area contributed by atoms with E-state index in [0.29, 0.717) is 61.9 Å². The van der Waals surface area contributed by atoms with E-state index in [9.17, 15) is 14.4 Å². The lowest BCUT2D eigenvalue weighted by molar-refractivity contribution is -0.125. The maximum atomic E-state index is 12.7. The fourth-order valence-electron chi connectivity index (χ4n) is 4.45. The van der Waals surface area contributed by atoms with Crippen molar-refractivity contribution in [1.29, 1.82) is 0 Å². The maximum absolute atomic E-state index is 12.7. The highest BCUT2D eigenvalue weighted by atomic mass is 16.5. The van der Waals surface area contributed by atoms with Crippen LogP contribution in [0.3, 0.4) is 0 Å². The summed E-state index contributed by atoms with van der Waals surface area (Å²) in [6, 6.07) is 12.2. The van der Waals surface area contributed by atoms with Crippen LogP contribution in [-0.2, 0) is 20.9 Å². The molecular weight excluding hydrogens is 464 g/mol. The van der Waals surface area contributed by atoms with E-state index in [4.69, 9.17) is 19.9 Å². The minimum absolute atomic E-state index is 0.134. The Hall–Kier alpha value is -3.63. The fraction of sp³-hybridized carbons (Fsp3) is 0.423. The number of carbonyl (C=O) groups is 3. The van der Waals surface area contributed by atoms with Gasteiger partial charge in [-0.25, -0.2) is 0 Å². The van der Waals surface area contributed by atoms with Crippen LogP contribution in [0, 0.1) is 0 Å². The van der Waals surface area contributed by atoms with E-state index in [2.05, 4.69) is 10.6 Å². The van der Waals surface area contributed by atoms with Crippen LogP contribution >= 0.6 is 0 Å². The number of nitrogens with one attached hydrogen (secondary N) is 2. The molecule has 4 bridgehead atoms. The van der Waals surface area contributed by atoms with Crippen LogP contribution in [-0.4, -0.2) is 68.1 Å². The Balaban J connectivity index is 1.56. The predicted octanol–water partition coefficient (Wildman–Crippen LogP) is 1.57. The van der Waals surface area contributed by atoms with Gasteiger partial charge >= 0.3 is 0 Å². The molecule has 2 aromatic rings. The van der Waals surface area contributed by atoms with Crippen LogP contribution in [0.15, 0.2) is 42.5 Å². The molecule has 2 heterocycles. The summed E-state index contributed by atoms with van der Waals surface area (Å²) in [4.78, 5) is 38.8. The summed E-state index contributed by atoms with van der Waals surface area (Å²) in [5.74, 6) is 0.745. The van der Waals surface area contributed by atoms with Crippen LogP contribution in [0.25, 0.3) is 0 Å². The number of ether oxygens (including phenoxy) is 3. The number of fused-ring (bicyclic) bond motifs is 5. The van der Waals surface area contributed by atoms with Gasteiger partial charge in [-0.15, -0.1) is 0 Å². The topological polar surface area (TPSA) is 132 Å². The highest BCUT2D eigenvalue weighted by Crippen LogP contribution is 2.28. The molecule has 0 aliphatic carbocycles. The molecule has 2 atom stereocenters. The van der Waals surface area contributed by atoms with Crippen LogP contribution in [0.1, 0.15) is 35.2 Å². The van der Waals surface area contributed by atoms with Gasteiger partial charge in [-0.2, -0.15) is 0 Å². The van der Waals surface area contributed by atoms with E-state index in [1.807, 2.05) is 29.2 Å². The number of likely N-dealkylation sites (tertiary alicyclic amines) is 1. The quantitative estimate of drug-likeness (QED) is 0.588. The van der Waals surface area contributed by atoms with Crippen molar-refractivity contribution in [3.63, 3.8) is 0 Å². The molecule has 4 rings (SSSR count). The number of nitrogens with zero attached hydrogens (tertiary/aromatic N) is 1. The van der Waals surface area contributed by atoms with Crippen LogP contribution < -0.4 is 25.8 Å². The van der Waals surface area contributed by atoms with Gasteiger partial charge < -0.3 is 30.6 Å². The van der Waals surface area contributed by atoms with E-state index in [1.54, 1.807) is 18.2 Å². The van der Waals surface area contributed by atoms with Gasteiger partial charge in [0, 0.05) is 37.7 Å². The molecule has 1 saturated heterocycles. The third-order valence-electron chi connectivity index (χ3n) is 6.20. The molecule has 36 heavy (non-hydrogen) atoms. The van der Waals surface area contributed by atoms with Crippen molar-refractivity contribution in [3.05, 3.63) is 53.6 Å².